The van der Waals surface area contributed by atoms with Gasteiger partial charge in [-0.1, -0.05) is 6.42 Å². The van der Waals surface area contributed by atoms with E-state index in [1.165, 1.54) is 25.7 Å². The van der Waals surface area contributed by atoms with Gasteiger partial charge in [-0.2, -0.15) is 4.98 Å². The summed E-state index contributed by atoms with van der Waals surface area (Å²) in [5, 5.41) is 3.48. The zero-order valence-corrected chi connectivity index (χ0v) is 12.7. The molecule has 0 spiro atoms. The lowest BCUT2D eigenvalue weighted by Crippen LogP contribution is -2.30. The molecule has 4 unspecified atom stereocenters. The van der Waals surface area contributed by atoms with Gasteiger partial charge in [-0.3, -0.25) is 0 Å². The standard InChI is InChI=1S/C16H25N3O/c1-10(2)20-15-6-7-17-16(19-15)18-11(3)14-9-12-4-5-13(14)8-12/h6-7,10-14H,4-5,8-9H2,1-3H3,(H,17,18,19). The Hall–Kier alpha value is -1.32. The zero-order valence-electron chi connectivity index (χ0n) is 12.7. The Morgan fingerprint density at radius 2 is 2.10 bits per heavy atom. The molecule has 2 aliphatic carbocycles. The van der Waals surface area contributed by atoms with Crippen LogP contribution in [0.5, 0.6) is 5.88 Å². The summed E-state index contributed by atoms with van der Waals surface area (Å²) in [6.07, 6.45) is 7.58. The molecule has 0 radical (unpaired) electrons. The maximum absolute atomic E-state index is 5.62. The smallest absolute Gasteiger partial charge is 0.226 e. The highest BCUT2D eigenvalue weighted by Gasteiger charge is 2.41. The van der Waals surface area contributed by atoms with Gasteiger partial charge in [-0.25, -0.2) is 4.98 Å². The van der Waals surface area contributed by atoms with Crippen molar-refractivity contribution in [3.8, 4) is 5.88 Å². The van der Waals surface area contributed by atoms with Crippen molar-refractivity contribution in [2.45, 2.75) is 58.6 Å². The molecule has 2 aliphatic rings. The van der Waals surface area contributed by atoms with E-state index >= 15 is 0 Å². The molecule has 0 amide bonds. The first-order chi connectivity index (χ1) is 9.61. The summed E-state index contributed by atoms with van der Waals surface area (Å²) in [7, 11) is 0. The SMILES string of the molecule is CC(C)Oc1ccnc(NC(C)C2CC3CCC2C3)n1. The quantitative estimate of drug-likeness (QED) is 0.893. The highest BCUT2D eigenvalue weighted by atomic mass is 16.5. The molecule has 2 fully saturated rings. The van der Waals surface area contributed by atoms with Gasteiger partial charge in [0.15, 0.2) is 0 Å². The van der Waals surface area contributed by atoms with Gasteiger partial charge in [0.05, 0.1) is 6.10 Å². The monoisotopic (exact) mass is 275 g/mol. The number of ether oxygens (including phenoxy) is 1. The molecule has 1 heterocycles. The minimum absolute atomic E-state index is 0.140. The third-order valence-corrected chi connectivity index (χ3v) is 4.78. The summed E-state index contributed by atoms with van der Waals surface area (Å²) in [6.45, 7) is 6.28. The first kappa shape index (κ1) is 13.7. The number of aromatic nitrogens is 2. The van der Waals surface area contributed by atoms with Gasteiger partial charge in [0.25, 0.3) is 0 Å². The molecule has 1 aromatic heterocycles. The average Bonchev–Trinajstić information content (AvgIpc) is 3.00. The van der Waals surface area contributed by atoms with Crippen LogP contribution in [0.25, 0.3) is 0 Å². The van der Waals surface area contributed by atoms with Gasteiger partial charge >= 0.3 is 0 Å². The predicted octanol–water partition coefficient (Wildman–Crippen LogP) is 3.50. The molecule has 20 heavy (non-hydrogen) atoms. The van der Waals surface area contributed by atoms with Crippen molar-refractivity contribution in [2.75, 3.05) is 5.32 Å². The molecule has 2 saturated carbocycles. The number of hydrogen-bond donors (Lipinski definition) is 1. The van der Waals surface area contributed by atoms with Gasteiger partial charge < -0.3 is 10.1 Å². The van der Waals surface area contributed by atoms with Crippen LogP contribution in [0.2, 0.25) is 0 Å². The Kier molecular flexibility index (Phi) is 3.81. The summed E-state index contributed by atoms with van der Waals surface area (Å²) in [6, 6.07) is 2.26. The molecule has 4 heteroatoms. The molecule has 4 nitrogen and oxygen atoms in total. The van der Waals surface area contributed by atoms with E-state index in [0.717, 1.165) is 17.8 Å². The average molecular weight is 275 g/mol. The first-order valence-electron chi connectivity index (χ1n) is 7.88. The van der Waals surface area contributed by atoms with E-state index in [1.54, 1.807) is 6.20 Å². The molecule has 2 bridgehead atoms. The van der Waals surface area contributed by atoms with Gasteiger partial charge in [-0.15, -0.1) is 0 Å². The highest BCUT2D eigenvalue weighted by Crippen LogP contribution is 2.49. The van der Waals surface area contributed by atoms with E-state index in [4.69, 9.17) is 4.74 Å². The largest absolute Gasteiger partial charge is 0.475 e. The molecule has 0 saturated heterocycles. The Balaban J connectivity index is 1.62. The van der Waals surface area contributed by atoms with Gasteiger partial charge in [0.1, 0.15) is 0 Å². The molecule has 110 valence electrons. The minimum Gasteiger partial charge on any atom is -0.475 e. The second kappa shape index (κ2) is 5.58. The van der Waals surface area contributed by atoms with Crippen LogP contribution >= 0.6 is 0 Å². The van der Waals surface area contributed by atoms with Crippen LogP contribution in [0.15, 0.2) is 12.3 Å². The fraction of sp³-hybridized carbons (Fsp3) is 0.750. The predicted molar refractivity (Wildman–Crippen MR) is 79.8 cm³/mol. The molecular weight excluding hydrogens is 250 g/mol. The summed E-state index contributed by atoms with van der Waals surface area (Å²) in [4.78, 5) is 8.76. The van der Waals surface area contributed by atoms with E-state index < -0.39 is 0 Å². The number of fused-ring (bicyclic) bond motifs is 2. The van der Waals surface area contributed by atoms with E-state index in [2.05, 4.69) is 22.2 Å². The van der Waals surface area contributed by atoms with Crippen LogP contribution in [0.3, 0.4) is 0 Å². The second-order valence-corrected chi connectivity index (χ2v) is 6.66. The molecule has 1 N–H and O–H groups in total. The summed E-state index contributed by atoms with van der Waals surface area (Å²) < 4.78 is 5.62. The Morgan fingerprint density at radius 3 is 2.75 bits per heavy atom. The number of hydrogen-bond acceptors (Lipinski definition) is 4. The lowest BCUT2D eigenvalue weighted by Gasteiger charge is -2.28. The number of nitrogens with zero attached hydrogens (tertiary/aromatic N) is 2. The third-order valence-electron chi connectivity index (χ3n) is 4.78. The fourth-order valence-corrected chi connectivity index (χ4v) is 3.94. The fourth-order valence-electron chi connectivity index (χ4n) is 3.94. The molecule has 1 aromatic rings. The second-order valence-electron chi connectivity index (χ2n) is 6.66. The molecular formula is C16H25N3O. The summed E-state index contributed by atoms with van der Waals surface area (Å²) >= 11 is 0. The molecule has 0 aromatic carbocycles. The maximum atomic E-state index is 5.62. The van der Waals surface area contributed by atoms with Crippen molar-refractivity contribution >= 4 is 5.95 Å². The Labute approximate surface area is 121 Å². The van der Waals surface area contributed by atoms with Crippen molar-refractivity contribution in [3.63, 3.8) is 0 Å². The van der Waals surface area contributed by atoms with Crippen LogP contribution < -0.4 is 10.1 Å². The van der Waals surface area contributed by atoms with Crippen molar-refractivity contribution in [3.05, 3.63) is 12.3 Å². The highest BCUT2D eigenvalue weighted by molar-refractivity contribution is 5.29. The van der Waals surface area contributed by atoms with E-state index in [9.17, 15) is 0 Å². The van der Waals surface area contributed by atoms with Gasteiger partial charge in [0.2, 0.25) is 11.8 Å². The summed E-state index contributed by atoms with van der Waals surface area (Å²) in [5.41, 5.74) is 0. The normalized spacial score (nSPS) is 29.7. The maximum Gasteiger partial charge on any atom is 0.226 e. The molecule has 3 rings (SSSR count). The Bertz CT molecular complexity index is 463. The van der Waals surface area contributed by atoms with Crippen LogP contribution in [0.4, 0.5) is 5.95 Å². The number of nitrogens with one attached hydrogen (secondary N) is 1. The summed E-state index contributed by atoms with van der Waals surface area (Å²) in [5.74, 6) is 4.02. The van der Waals surface area contributed by atoms with Gasteiger partial charge in [0, 0.05) is 18.3 Å². The van der Waals surface area contributed by atoms with Crippen LogP contribution in [-0.4, -0.2) is 22.1 Å². The van der Waals surface area contributed by atoms with Crippen molar-refractivity contribution < 1.29 is 4.74 Å². The first-order valence-corrected chi connectivity index (χ1v) is 7.88. The topological polar surface area (TPSA) is 47.0 Å². The third kappa shape index (κ3) is 2.89. The van der Waals surface area contributed by atoms with E-state index in [-0.39, 0.29) is 6.10 Å². The molecule has 4 atom stereocenters. The van der Waals surface area contributed by atoms with Crippen molar-refractivity contribution in [1.82, 2.24) is 9.97 Å². The van der Waals surface area contributed by atoms with Crippen LogP contribution in [0.1, 0.15) is 46.5 Å². The van der Waals surface area contributed by atoms with E-state index in [1.807, 2.05) is 19.9 Å². The van der Waals surface area contributed by atoms with Crippen LogP contribution in [-0.2, 0) is 0 Å². The van der Waals surface area contributed by atoms with Gasteiger partial charge in [-0.05, 0) is 57.8 Å². The number of rotatable bonds is 5. The van der Waals surface area contributed by atoms with E-state index in [0.29, 0.717) is 17.9 Å². The Morgan fingerprint density at radius 1 is 1.25 bits per heavy atom. The van der Waals surface area contributed by atoms with Crippen LogP contribution in [0, 0.1) is 17.8 Å². The zero-order chi connectivity index (χ0) is 14.1. The lowest BCUT2D eigenvalue weighted by molar-refractivity contribution is 0.232. The minimum atomic E-state index is 0.140. The lowest BCUT2D eigenvalue weighted by atomic mass is 9.84. The molecule has 0 aliphatic heterocycles. The van der Waals surface area contributed by atoms with Crippen molar-refractivity contribution in [2.24, 2.45) is 17.8 Å². The van der Waals surface area contributed by atoms with Crippen molar-refractivity contribution in [1.29, 1.82) is 0 Å². The number of anilines is 1.